The van der Waals surface area contributed by atoms with Crippen LogP contribution in [-0.4, -0.2) is 11.6 Å². The molecule has 1 heterocycles. The van der Waals surface area contributed by atoms with Crippen molar-refractivity contribution in [3.8, 4) is 0 Å². The van der Waals surface area contributed by atoms with Gasteiger partial charge in [0.2, 0.25) is 0 Å². The molecule has 1 amide bonds. The SMILES string of the molecule is [2H]c1c([2H])c([2H])c(N2N=C(C([2H])([2H])[2H])CC2=O)c([2H])c1[2H]. The molecule has 1 aliphatic rings. The molecular formula is C10H10N2O. The zero-order chi connectivity index (χ0) is 16.1. The lowest BCUT2D eigenvalue weighted by atomic mass is 10.3. The smallest absolute Gasteiger partial charge is 0.253 e. The average Bonchev–Trinajstić information content (AvgIpc) is 2.77. The van der Waals surface area contributed by atoms with Crippen molar-refractivity contribution in [2.75, 3.05) is 5.01 Å². The van der Waals surface area contributed by atoms with E-state index in [0.717, 1.165) is 0 Å². The number of hydrogen-bond acceptors (Lipinski definition) is 2. The number of carbonyl (C=O) groups is 1. The van der Waals surface area contributed by atoms with E-state index in [-0.39, 0.29) is 5.71 Å². The Balaban J connectivity index is 2.63. The number of hydrogen-bond donors (Lipinski definition) is 0. The summed E-state index contributed by atoms with van der Waals surface area (Å²) in [5, 5.41) is 4.19. The third kappa shape index (κ3) is 1.45. The lowest BCUT2D eigenvalue weighted by molar-refractivity contribution is -0.116. The van der Waals surface area contributed by atoms with E-state index < -0.39 is 55.1 Å². The standard InChI is InChI=1S/C10H10N2O/c1-8-7-10(13)12(11-8)9-5-3-2-4-6-9/h2-6H,7H2,1H3/i1D3,2D,3D,4D,5D,6D. The molecule has 0 spiro atoms. The van der Waals surface area contributed by atoms with Crippen LogP contribution in [0.25, 0.3) is 0 Å². The monoisotopic (exact) mass is 182 g/mol. The molecule has 0 saturated heterocycles. The van der Waals surface area contributed by atoms with E-state index in [1.54, 1.807) is 0 Å². The first-order valence-electron chi connectivity index (χ1n) is 7.53. The van der Waals surface area contributed by atoms with Crippen LogP contribution in [0.1, 0.15) is 24.2 Å². The molecule has 0 aliphatic carbocycles. The predicted molar refractivity (Wildman–Crippen MR) is 51.7 cm³/mol. The molecule has 0 radical (unpaired) electrons. The molecule has 0 fully saturated rings. The number of benzene rings is 1. The second-order valence-corrected chi connectivity index (χ2v) is 2.40. The third-order valence-electron chi connectivity index (χ3n) is 1.47. The molecule has 0 aromatic heterocycles. The second kappa shape index (κ2) is 3.01. The zero-order valence-electron chi connectivity index (χ0n) is 14.5. The van der Waals surface area contributed by atoms with Gasteiger partial charge in [0.1, 0.15) is 0 Å². The Labute approximate surface area is 87.9 Å². The molecule has 0 atom stereocenters. The number of anilines is 1. The van der Waals surface area contributed by atoms with Crippen molar-refractivity contribution in [3.05, 3.63) is 30.2 Å². The van der Waals surface area contributed by atoms with Gasteiger partial charge in [-0.05, 0) is 18.9 Å². The summed E-state index contributed by atoms with van der Waals surface area (Å²) in [7, 11) is 0. The molecule has 13 heavy (non-hydrogen) atoms. The maximum Gasteiger partial charge on any atom is 0.253 e. The van der Waals surface area contributed by atoms with Gasteiger partial charge in [-0.2, -0.15) is 5.10 Å². The molecule has 1 aromatic carbocycles. The topological polar surface area (TPSA) is 32.7 Å². The van der Waals surface area contributed by atoms with Gasteiger partial charge in [-0.3, -0.25) is 4.79 Å². The van der Waals surface area contributed by atoms with Crippen LogP contribution in [0.4, 0.5) is 5.69 Å². The average molecular weight is 182 g/mol. The van der Waals surface area contributed by atoms with E-state index in [9.17, 15) is 4.79 Å². The van der Waals surface area contributed by atoms with Crippen molar-refractivity contribution in [2.45, 2.75) is 13.3 Å². The molecule has 1 aliphatic heterocycles. The third-order valence-corrected chi connectivity index (χ3v) is 1.47. The number of rotatable bonds is 1. The minimum Gasteiger partial charge on any atom is -0.272 e. The molecule has 1 aromatic rings. The molecule has 2 rings (SSSR count). The fraction of sp³-hybridized carbons (Fsp3) is 0.200. The van der Waals surface area contributed by atoms with E-state index in [1.165, 1.54) is 0 Å². The van der Waals surface area contributed by atoms with Crippen molar-refractivity contribution >= 4 is 17.3 Å². The highest BCUT2D eigenvalue weighted by Gasteiger charge is 2.21. The van der Waals surface area contributed by atoms with Crippen molar-refractivity contribution in [1.29, 1.82) is 0 Å². The van der Waals surface area contributed by atoms with E-state index in [1.807, 2.05) is 0 Å². The summed E-state index contributed by atoms with van der Waals surface area (Å²) >= 11 is 0. The summed E-state index contributed by atoms with van der Waals surface area (Å²) < 4.78 is 59.7. The van der Waals surface area contributed by atoms with Gasteiger partial charge in [0.05, 0.1) is 19.0 Å². The highest BCUT2D eigenvalue weighted by molar-refractivity contribution is 6.12. The van der Waals surface area contributed by atoms with Crippen molar-refractivity contribution in [2.24, 2.45) is 5.10 Å². The van der Waals surface area contributed by atoms with Crippen LogP contribution in [-0.2, 0) is 4.79 Å². The van der Waals surface area contributed by atoms with Gasteiger partial charge >= 0.3 is 0 Å². The van der Waals surface area contributed by atoms with Crippen LogP contribution < -0.4 is 5.01 Å². The van der Waals surface area contributed by atoms with Gasteiger partial charge in [0, 0.05) is 9.82 Å². The quantitative estimate of drug-likeness (QED) is 0.651. The lowest BCUT2D eigenvalue weighted by Gasteiger charge is -2.10. The lowest BCUT2D eigenvalue weighted by Crippen LogP contribution is -2.19. The summed E-state index contributed by atoms with van der Waals surface area (Å²) in [6.07, 6.45) is -0.474. The van der Waals surface area contributed by atoms with Crippen LogP contribution in [0.3, 0.4) is 0 Å². The largest absolute Gasteiger partial charge is 0.272 e. The van der Waals surface area contributed by atoms with E-state index in [4.69, 9.17) is 11.0 Å². The van der Waals surface area contributed by atoms with E-state index in [2.05, 4.69) is 5.10 Å². The summed E-state index contributed by atoms with van der Waals surface area (Å²) in [6.45, 7) is -2.57. The molecular weight excluding hydrogens is 164 g/mol. The Bertz CT molecular complexity index is 637. The highest BCUT2D eigenvalue weighted by atomic mass is 16.2. The highest BCUT2D eigenvalue weighted by Crippen LogP contribution is 2.19. The number of nitrogens with zero attached hydrogens (tertiary/aromatic N) is 2. The first-order valence-corrected chi connectivity index (χ1v) is 3.53. The van der Waals surface area contributed by atoms with E-state index >= 15 is 0 Å². The predicted octanol–water partition coefficient (Wildman–Crippen LogP) is 1.80. The minimum absolute atomic E-state index is 0.376. The molecule has 66 valence electrons. The molecule has 0 unspecified atom stereocenters. The number of amides is 1. The van der Waals surface area contributed by atoms with Crippen molar-refractivity contribution < 1.29 is 15.8 Å². The summed E-state index contributed by atoms with van der Waals surface area (Å²) in [6, 6.07) is -3.04. The Hall–Kier alpha value is -1.64. The fourth-order valence-corrected chi connectivity index (χ4v) is 0.954. The summed E-state index contributed by atoms with van der Waals surface area (Å²) in [5.74, 6) is -0.750. The van der Waals surface area contributed by atoms with Crippen LogP contribution >= 0.6 is 0 Å². The first kappa shape index (κ1) is 2.94. The maximum atomic E-state index is 11.9. The summed E-state index contributed by atoms with van der Waals surface area (Å²) in [4.78, 5) is 11.9. The van der Waals surface area contributed by atoms with E-state index in [0.29, 0.717) is 5.01 Å². The van der Waals surface area contributed by atoms with Gasteiger partial charge in [-0.25, -0.2) is 5.01 Å². The van der Waals surface area contributed by atoms with Gasteiger partial charge in [-0.15, -0.1) is 0 Å². The molecule has 3 heteroatoms. The van der Waals surface area contributed by atoms with Crippen molar-refractivity contribution in [3.63, 3.8) is 0 Å². The second-order valence-electron chi connectivity index (χ2n) is 2.40. The Kier molecular flexibility index (Phi) is 0.681. The van der Waals surface area contributed by atoms with Crippen molar-refractivity contribution in [1.82, 2.24) is 0 Å². The normalized spacial score (nSPS) is 26.0. The number of para-hydroxylation sites is 1. The minimum atomic E-state index is -2.57. The van der Waals surface area contributed by atoms with Crippen LogP contribution in [0.15, 0.2) is 35.3 Å². The van der Waals surface area contributed by atoms with Gasteiger partial charge < -0.3 is 0 Å². The van der Waals surface area contributed by atoms with Crippen LogP contribution in [0.5, 0.6) is 0 Å². The van der Waals surface area contributed by atoms with Crippen LogP contribution in [0.2, 0.25) is 0 Å². The molecule has 0 saturated carbocycles. The number of hydrazone groups is 1. The Morgan fingerprint density at radius 2 is 2.31 bits per heavy atom. The fourth-order valence-electron chi connectivity index (χ4n) is 0.954. The first-order chi connectivity index (χ1) is 9.55. The maximum absolute atomic E-state index is 11.9. The van der Waals surface area contributed by atoms with Gasteiger partial charge in [0.25, 0.3) is 5.91 Å². The van der Waals surface area contributed by atoms with Crippen LogP contribution in [0, 0.1) is 0 Å². The molecule has 3 nitrogen and oxygen atoms in total. The Morgan fingerprint density at radius 1 is 1.54 bits per heavy atom. The zero-order valence-corrected chi connectivity index (χ0v) is 6.51. The molecule has 0 N–H and O–H groups in total. The Morgan fingerprint density at radius 3 is 2.92 bits per heavy atom. The molecule has 0 bridgehead atoms. The van der Waals surface area contributed by atoms with Gasteiger partial charge in [-0.1, -0.05) is 18.1 Å². The number of carbonyl (C=O) groups excluding carboxylic acids is 1. The summed E-state index contributed by atoms with van der Waals surface area (Å²) in [5.41, 5.74) is -0.815. The van der Waals surface area contributed by atoms with Gasteiger partial charge in [0.15, 0.2) is 0 Å².